The molecule has 3 unspecified atom stereocenters. The molecule has 3 aromatic rings. The van der Waals surface area contributed by atoms with E-state index >= 15 is 0 Å². The molecule has 0 aromatic heterocycles. The average molecular weight is 452 g/mol. The fraction of sp³-hybridized carbons (Fsp3) is 0.333. The van der Waals surface area contributed by atoms with Crippen LogP contribution in [0, 0.1) is 11.6 Å². The summed E-state index contributed by atoms with van der Waals surface area (Å²) >= 11 is 0. The van der Waals surface area contributed by atoms with E-state index < -0.39 is 6.10 Å². The molecule has 0 aliphatic carbocycles. The summed E-state index contributed by atoms with van der Waals surface area (Å²) in [6.07, 6.45) is 0.416. The molecule has 172 valence electrons. The summed E-state index contributed by atoms with van der Waals surface area (Å²) in [5.74, 6) is 0.0842. The van der Waals surface area contributed by atoms with E-state index in [4.69, 9.17) is 9.47 Å². The minimum absolute atomic E-state index is 0.201. The highest BCUT2D eigenvalue weighted by Gasteiger charge is 2.35. The highest BCUT2D eigenvalue weighted by Crippen LogP contribution is 2.35. The first-order valence-corrected chi connectivity index (χ1v) is 11.4. The van der Waals surface area contributed by atoms with E-state index in [9.17, 15) is 13.9 Å². The number of fused-ring (bicyclic) bond motifs is 1. The Hall–Kier alpha value is -2.80. The molecule has 2 N–H and O–H groups in total. The number of ether oxygens (including phenoxy) is 2. The van der Waals surface area contributed by atoms with Crippen LogP contribution < -0.4 is 10.1 Å². The van der Waals surface area contributed by atoms with E-state index in [1.54, 1.807) is 24.3 Å². The third kappa shape index (κ3) is 4.93. The topological polar surface area (TPSA) is 50.7 Å². The normalized spacial score (nSPS) is 22.2. The van der Waals surface area contributed by atoms with Gasteiger partial charge in [-0.3, -0.25) is 0 Å². The monoisotopic (exact) mass is 451 g/mol. The van der Waals surface area contributed by atoms with Crippen LogP contribution in [0.3, 0.4) is 0 Å². The van der Waals surface area contributed by atoms with Gasteiger partial charge in [0.2, 0.25) is 0 Å². The van der Waals surface area contributed by atoms with Gasteiger partial charge in [0.05, 0.1) is 31.5 Å². The fourth-order valence-corrected chi connectivity index (χ4v) is 4.80. The fourth-order valence-electron chi connectivity index (χ4n) is 4.80. The van der Waals surface area contributed by atoms with Crippen molar-refractivity contribution in [1.82, 2.24) is 5.32 Å². The Labute approximate surface area is 192 Å². The second kappa shape index (κ2) is 9.59. The summed E-state index contributed by atoms with van der Waals surface area (Å²) in [6.45, 7) is 1.70. The quantitative estimate of drug-likeness (QED) is 0.586. The maximum absolute atomic E-state index is 13.5. The van der Waals surface area contributed by atoms with Gasteiger partial charge in [0, 0.05) is 25.3 Å². The Kier molecular flexibility index (Phi) is 6.40. The van der Waals surface area contributed by atoms with Crippen LogP contribution in [0.1, 0.15) is 34.6 Å². The predicted octanol–water partition coefficient (Wildman–Crippen LogP) is 4.34. The minimum atomic E-state index is -0.607. The molecule has 2 aliphatic rings. The molecule has 0 amide bonds. The van der Waals surface area contributed by atoms with Gasteiger partial charge in [0.1, 0.15) is 17.4 Å². The van der Waals surface area contributed by atoms with Gasteiger partial charge in [-0.05, 0) is 52.6 Å². The molecule has 5 rings (SSSR count). The van der Waals surface area contributed by atoms with Crippen molar-refractivity contribution in [1.29, 1.82) is 0 Å². The molecule has 0 saturated carbocycles. The summed E-state index contributed by atoms with van der Waals surface area (Å²) < 4.78 is 38.8. The lowest BCUT2D eigenvalue weighted by Gasteiger charge is -2.38. The summed E-state index contributed by atoms with van der Waals surface area (Å²) in [6, 6.07) is 18.5. The van der Waals surface area contributed by atoms with Crippen LogP contribution in [0.2, 0.25) is 0 Å². The molecular formula is C27H27F2NO3. The van der Waals surface area contributed by atoms with Crippen LogP contribution in [-0.2, 0) is 17.7 Å². The molecule has 0 spiro atoms. The second-order valence-electron chi connectivity index (χ2n) is 8.78. The van der Waals surface area contributed by atoms with Crippen molar-refractivity contribution < 1.29 is 23.4 Å². The number of benzene rings is 3. The van der Waals surface area contributed by atoms with Crippen molar-refractivity contribution in [2.45, 2.75) is 43.6 Å². The Morgan fingerprint density at radius 1 is 0.939 bits per heavy atom. The van der Waals surface area contributed by atoms with Crippen LogP contribution in [0.5, 0.6) is 5.75 Å². The Bertz CT molecular complexity index is 1040. The van der Waals surface area contributed by atoms with Crippen molar-refractivity contribution in [3.8, 4) is 5.75 Å². The van der Waals surface area contributed by atoms with Gasteiger partial charge in [-0.25, -0.2) is 8.78 Å². The molecular weight excluding hydrogens is 424 g/mol. The van der Waals surface area contributed by atoms with Crippen molar-refractivity contribution >= 4 is 0 Å². The summed E-state index contributed by atoms with van der Waals surface area (Å²) in [7, 11) is 0. The highest BCUT2D eigenvalue weighted by molar-refractivity contribution is 5.40. The number of rotatable bonds is 6. The summed E-state index contributed by atoms with van der Waals surface area (Å²) in [5.41, 5.74) is 4.10. The van der Waals surface area contributed by atoms with E-state index in [1.807, 2.05) is 12.1 Å². The van der Waals surface area contributed by atoms with E-state index in [1.165, 1.54) is 29.8 Å². The number of hydrogen-bond acceptors (Lipinski definition) is 4. The Morgan fingerprint density at radius 2 is 1.61 bits per heavy atom. The Balaban J connectivity index is 1.28. The van der Waals surface area contributed by atoms with Gasteiger partial charge in [-0.1, -0.05) is 36.4 Å². The first kappa shape index (κ1) is 22.0. The van der Waals surface area contributed by atoms with Crippen molar-refractivity contribution in [3.05, 3.63) is 101 Å². The van der Waals surface area contributed by atoms with E-state index in [0.717, 1.165) is 35.5 Å². The molecule has 3 atom stereocenters. The predicted molar refractivity (Wildman–Crippen MR) is 121 cm³/mol. The minimum Gasteiger partial charge on any atom is -0.493 e. The van der Waals surface area contributed by atoms with Gasteiger partial charge in [-0.15, -0.1) is 0 Å². The maximum Gasteiger partial charge on any atom is 0.123 e. The molecule has 2 heterocycles. The lowest BCUT2D eigenvalue weighted by Crippen LogP contribution is -2.50. The number of aliphatic hydroxyl groups is 1. The van der Waals surface area contributed by atoms with Crippen molar-refractivity contribution in [2.24, 2.45) is 0 Å². The van der Waals surface area contributed by atoms with Crippen molar-refractivity contribution in [3.63, 3.8) is 0 Å². The average Bonchev–Trinajstić information content (AvgIpc) is 3.29. The molecule has 1 fully saturated rings. The zero-order chi connectivity index (χ0) is 22.8. The zero-order valence-corrected chi connectivity index (χ0v) is 18.2. The summed E-state index contributed by atoms with van der Waals surface area (Å²) in [4.78, 5) is 0. The standard InChI is InChI=1S/C27H27F2NO3/c28-21-6-2-18(3-7-21)27(19-4-8-22(29)9-5-19)26-14-24(31)23(16-33-26)30-15-17-1-10-25-20(13-17)11-12-32-25/h1-10,13,23-24,26-27,30-31H,11-12,14-16H2. The summed E-state index contributed by atoms with van der Waals surface area (Å²) in [5, 5.41) is 14.3. The number of hydrogen-bond donors (Lipinski definition) is 2. The van der Waals surface area contributed by atoms with Crippen LogP contribution in [0.15, 0.2) is 66.7 Å². The Morgan fingerprint density at radius 3 is 2.24 bits per heavy atom. The second-order valence-corrected chi connectivity index (χ2v) is 8.78. The first-order valence-electron chi connectivity index (χ1n) is 11.4. The largest absolute Gasteiger partial charge is 0.493 e. The van der Waals surface area contributed by atoms with Gasteiger partial charge < -0.3 is 19.9 Å². The van der Waals surface area contributed by atoms with Crippen LogP contribution in [0.4, 0.5) is 8.78 Å². The number of halogens is 2. The van der Waals surface area contributed by atoms with Gasteiger partial charge in [-0.2, -0.15) is 0 Å². The molecule has 4 nitrogen and oxygen atoms in total. The van der Waals surface area contributed by atoms with Crippen LogP contribution in [-0.4, -0.2) is 36.6 Å². The van der Waals surface area contributed by atoms with E-state index in [2.05, 4.69) is 11.4 Å². The number of nitrogens with one attached hydrogen (secondary N) is 1. The smallest absolute Gasteiger partial charge is 0.123 e. The molecule has 1 saturated heterocycles. The molecule has 0 bridgehead atoms. The number of aliphatic hydroxyl groups excluding tert-OH is 1. The van der Waals surface area contributed by atoms with Gasteiger partial charge in [0.15, 0.2) is 0 Å². The third-order valence-electron chi connectivity index (χ3n) is 6.58. The maximum atomic E-state index is 13.5. The highest BCUT2D eigenvalue weighted by atomic mass is 19.1. The zero-order valence-electron chi connectivity index (χ0n) is 18.2. The SMILES string of the molecule is OC1CC(C(c2ccc(F)cc2)c2ccc(F)cc2)OCC1NCc1ccc2c(c1)CCO2. The molecule has 33 heavy (non-hydrogen) atoms. The lowest BCUT2D eigenvalue weighted by atomic mass is 9.82. The van der Waals surface area contributed by atoms with E-state index in [-0.39, 0.29) is 29.7 Å². The van der Waals surface area contributed by atoms with Crippen molar-refractivity contribution in [2.75, 3.05) is 13.2 Å². The van der Waals surface area contributed by atoms with Gasteiger partial charge in [0.25, 0.3) is 0 Å². The van der Waals surface area contributed by atoms with Crippen LogP contribution in [0.25, 0.3) is 0 Å². The van der Waals surface area contributed by atoms with Crippen LogP contribution >= 0.6 is 0 Å². The van der Waals surface area contributed by atoms with Gasteiger partial charge >= 0.3 is 0 Å². The molecule has 6 heteroatoms. The molecule has 2 aliphatic heterocycles. The molecule has 3 aromatic carbocycles. The first-order chi connectivity index (χ1) is 16.1. The lowest BCUT2D eigenvalue weighted by molar-refractivity contribution is -0.0718. The third-order valence-corrected chi connectivity index (χ3v) is 6.58. The molecule has 0 radical (unpaired) electrons. The van der Waals surface area contributed by atoms with E-state index in [0.29, 0.717) is 19.6 Å².